The zero-order valence-corrected chi connectivity index (χ0v) is 12.3. The van der Waals surface area contributed by atoms with Gasteiger partial charge < -0.3 is 9.69 Å². The lowest BCUT2D eigenvalue weighted by Gasteiger charge is -2.25. The Bertz CT molecular complexity index is 155. The Morgan fingerprint density at radius 3 is 1.94 bits per heavy atom. The van der Waals surface area contributed by atoms with Crippen molar-refractivity contribution < 1.29 is 4.79 Å². The predicted molar refractivity (Wildman–Crippen MR) is 72.7 cm³/mol. The zero-order valence-electron chi connectivity index (χ0n) is 12.3. The summed E-state index contributed by atoms with van der Waals surface area (Å²) < 4.78 is 0. The Hall–Kier alpha value is -0.370. The van der Waals surface area contributed by atoms with Crippen molar-refractivity contribution in [3.63, 3.8) is 0 Å². The first-order valence-electron chi connectivity index (χ1n) is 6.62. The molecule has 16 heavy (non-hydrogen) atoms. The summed E-state index contributed by atoms with van der Waals surface area (Å²) in [6.45, 7) is 13.9. The number of nitrogens with zero attached hydrogens (tertiary/aromatic N) is 1. The van der Waals surface area contributed by atoms with Crippen LogP contribution in [-0.4, -0.2) is 30.8 Å². The van der Waals surface area contributed by atoms with Crippen LogP contribution in [0.15, 0.2) is 0 Å². The smallest absolute Gasteiger partial charge is 0.120 e. The Balaban J connectivity index is 0. The third-order valence-corrected chi connectivity index (χ3v) is 3.08. The lowest BCUT2D eigenvalue weighted by molar-refractivity contribution is -0.109. The lowest BCUT2D eigenvalue weighted by Crippen LogP contribution is -2.29. The topological polar surface area (TPSA) is 20.3 Å². The highest BCUT2D eigenvalue weighted by atomic mass is 16.1. The molecule has 98 valence electrons. The molecule has 0 aromatic carbocycles. The van der Waals surface area contributed by atoms with Crippen molar-refractivity contribution in [1.82, 2.24) is 4.90 Å². The van der Waals surface area contributed by atoms with E-state index in [4.69, 9.17) is 0 Å². The van der Waals surface area contributed by atoms with Crippen molar-refractivity contribution in [2.24, 2.45) is 11.8 Å². The first-order chi connectivity index (χ1) is 7.49. The third-order valence-electron chi connectivity index (χ3n) is 3.08. The van der Waals surface area contributed by atoms with Crippen molar-refractivity contribution in [3.8, 4) is 0 Å². The molecule has 1 atom stereocenters. The van der Waals surface area contributed by atoms with Gasteiger partial charge in [-0.25, -0.2) is 0 Å². The van der Waals surface area contributed by atoms with Gasteiger partial charge in [-0.05, 0) is 45.7 Å². The highest BCUT2D eigenvalue weighted by Crippen LogP contribution is 2.18. The molecule has 0 spiro atoms. The molecule has 0 aliphatic rings. The third kappa shape index (κ3) is 8.90. The Kier molecular flexibility index (Phi) is 12.5. The van der Waals surface area contributed by atoms with E-state index in [0.717, 1.165) is 19.3 Å². The van der Waals surface area contributed by atoms with Gasteiger partial charge in [0.2, 0.25) is 0 Å². The quantitative estimate of drug-likeness (QED) is 0.622. The van der Waals surface area contributed by atoms with Crippen LogP contribution >= 0.6 is 0 Å². The van der Waals surface area contributed by atoms with Gasteiger partial charge in [0, 0.05) is 12.5 Å². The van der Waals surface area contributed by atoms with Gasteiger partial charge in [-0.15, -0.1) is 0 Å². The molecule has 0 rings (SSSR count). The summed E-state index contributed by atoms with van der Waals surface area (Å²) in [6.07, 6.45) is 2.90. The molecule has 0 aliphatic carbocycles. The molecule has 1 unspecified atom stereocenters. The maximum atomic E-state index is 10.5. The van der Waals surface area contributed by atoms with Gasteiger partial charge in [0.25, 0.3) is 0 Å². The first-order valence-corrected chi connectivity index (χ1v) is 6.62. The second kappa shape index (κ2) is 11.1. The number of carbonyl (C=O) groups is 1. The Morgan fingerprint density at radius 1 is 1.12 bits per heavy atom. The maximum Gasteiger partial charge on any atom is 0.120 e. The summed E-state index contributed by atoms with van der Waals surface area (Å²) >= 11 is 0. The van der Waals surface area contributed by atoms with Crippen molar-refractivity contribution in [2.45, 2.75) is 60.4 Å². The van der Waals surface area contributed by atoms with Crippen molar-refractivity contribution in [3.05, 3.63) is 0 Å². The summed E-state index contributed by atoms with van der Waals surface area (Å²) in [5.41, 5.74) is 0. The van der Waals surface area contributed by atoms with E-state index in [2.05, 4.69) is 39.6 Å². The minimum absolute atomic E-state index is 0.550. The van der Waals surface area contributed by atoms with Crippen molar-refractivity contribution in [1.29, 1.82) is 0 Å². The van der Waals surface area contributed by atoms with Gasteiger partial charge in [-0.1, -0.05) is 27.7 Å². The largest absolute Gasteiger partial charge is 0.304 e. The molecule has 0 aromatic rings. The highest BCUT2D eigenvalue weighted by Gasteiger charge is 2.14. The summed E-state index contributed by atoms with van der Waals surface area (Å²) in [4.78, 5) is 12.8. The van der Waals surface area contributed by atoms with Crippen molar-refractivity contribution in [2.75, 3.05) is 13.6 Å². The van der Waals surface area contributed by atoms with E-state index < -0.39 is 0 Å². The van der Waals surface area contributed by atoms with Gasteiger partial charge in [-0.2, -0.15) is 0 Å². The fraction of sp³-hybridized carbons (Fsp3) is 0.929. The molecule has 0 saturated heterocycles. The monoisotopic (exact) mass is 229 g/mol. The van der Waals surface area contributed by atoms with Crippen LogP contribution in [0.5, 0.6) is 0 Å². The van der Waals surface area contributed by atoms with E-state index in [0.29, 0.717) is 24.3 Å². The zero-order chi connectivity index (χ0) is 13.1. The van der Waals surface area contributed by atoms with E-state index in [9.17, 15) is 4.79 Å². The molecular weight excluding hydrogens is 198 g/mol. The fourth-order valence-corrected chi connectivity index (χ4v) is 1.47. The van der Waals surface area contributed by atoms with E-state index in [1.807, 2.05) is 13.8 Å². The Labute approximate surface area is 102 Å². The second-order valence-electron chi connectivity index (χ2n) is 4.77. The van der Waals surface area contributed by atoms with Crippen molar-refractivity contribution >= 4 is 6.29 Å². The Morgan fingerprint density at radius 2 is 1.62 bits per heavy atom. The van der Waals surface area contributed by atoms with E-state index in [-0.39, 0.29) is 0 Å². The standard InChI is InChI=1S/C12H25NO.C2H6/c1-10(2)12(7-9-14)6-8-13(5)11(3)4;1-2/h9-12H,6-8H2,1-5H3;1-2H3. The molecule has 2 heteroatoms. The van der Waals surface area contributed by atoms with Crippen LogP contribution in [-0.2, 0) is 4.79 Å². The fourth-order valence-electron chi connectivity index (χ4n) is 1.47. The van der Waals surface area contributed by atoms with Gasteiger partial charge in [0.1, 0.15) is 6.29 Å². The molecular formula is C14H31NO. The molecule has 0 radical (unpaired) electrons. The average Bonchev–Trinajstić information content (AvgIpc) is 2.25. The van der Waals surface area contributed by atoms with Crippen LogP contribution < -0.4 is 0 Å². The minimum Gasteiger partial charge on any atom is -0.304 e. The van der Waals surface area contributed by atoms with Crippen LogP contribution in [0.3, 0.4) is 0 Å². The molecule has 0 N–H and O–H groups in total. The van der Waals surface area contributed by atoms with Gasteiger partial charge in [0.05, 0.1) is 0 Å². The summed E-state index contributed by atoms with van der Waals surface area (Å²) in [7, 11) is 2.14. The van der Waals surface area contributed by atoms with Gasteiger partial charge in [0.15, 0.2) is 0 Å². The summed E-state index contributed by atoms with van der Waals surface area (Å²) in [5.74, 6) is 1.16. The minimum atomic E-state index is 0.550. The van der Waals surface area contributed by atoms with Crippen LogP contribution in [0.2, 0.25) is 0 Å². The van der Waals surface area contributed by atoms with E-state index >= 15 is 0 Å². The van der Waals surface area contributed by atoms with Crippen LogP contribution in [0.4, 0.5) is 0 Å². The molecule has 0 aromatic heterocycles. The molecule has 2 nitrogen and oxygen atoms in total. The van der Waals surface area contributed by atoms with E-state index in [1.54, 1.807) is 0 Å². The molecule has 0 amide bonds. The second-order valence-corrected chi connectivity index (χ2v) is 4.77. The number of hydrogen-bond donors (Lipinski definition) is 0. The molecule has 0 fully saturated rings. The average molecular weight is 229 g/mol. The predicted octanol–water partition coefficient (Wildman–Crippen LogP) is 3.60. The van der Waals surface area contributed by atoms with Gasteiger partial charge in [-0.3, -0.25) is 0 Å². The lowest BCUT2D eigenvalue weighted by atomic mass is 9.90. The summed E-state index contributed by atoms with van der Waals surface area (Å²) in [6, 6.07) is 0.596. The maximum absolute atomic E-state index is 10.5. The highest BCUT2D eigenvalue weighted by molar-refractivity contribution is 5.49. The normalized spacial score (nSPS) is 12.6. The first kappa shape index (κ1) is 18.0. The van der Waals surface area contributed by atoms with Gasteiger partial charge >= 0.3 is 0 Å². The molecule has 0 heterocycles. The SMILES string of the molecule is CC.CC(C)C(CC=O)CCN(C)C(C)C. The number of carbonyl (C=O) groups excluding carboxylic acids is 1. The van der Waals surface area contributed by atoms with Crippen LogP contribution in [0.1, 0.15) is 54.4 Å². The number of rotatable bonds is 7. The van der Waals surface area contributed by atoms with E-state index in [1.165, 1.54) is 0 Å². The summed E-state index contributed by atoms with van der Waals surface area (Å²) in [5, 5.41) is 0. The van der Waals surface area contributed by atoms with Crippen LogP contribution in [0.25, 0.3) is 0 Å². The molecule has 0 bridgehead atoms. The molecule has 0 aliphatic heterocycles. The van der Waals surface area contributed by atoms with Crippen LogP contribution in [0, 0.1) is 11.8 Å². The number of hydrogen-bond acceptors (Lipinski definition) is 2. The molecule has 0 saturated carbocycles. The number of aldehydes is 1.